The van der Waals surface area contributed by atoms with Gasteiger partial charge in [0.1, 0.15) is 0 Å². The average molecular weight is 198 g/mol. The lowest BCUT2D eigenvalue weighted by Crippen LogP contribution is -2.20. The first-order chi connectivity index (χ1) is 6.22. The van der Waals surface area contributed by atoms with E-state index in [1.807, 2.05) is 30.3 Å². The van der Waals surface area contributed by atoms with Crippen LogP contribution in [0.25, 0.3) is 6.08 Å². The lowest BCUT2D eigenvalue weighted by atomic mass is 10.2. The first kappa shape index (κ1) is 10.3. The van der Waals surface area contributed by atoms with Crippen molar-refractivity contribution in [2.24, 2.45) is 5.73 Å². The molecule has 0 saturated carbocycles. The quantitative estimate of drug-likeness (QED) is 0.775. The molecule has 1 aromatic rings. The van der Waals surface area contributed by atoms with E-state index in [0.717, 1.165) is 5.56 Å². The summed E-state index contributed by atoms with van der Waals surface area (Å²) in [5, 5.41) is 9.36. The third-order valence-electron chi connectivity index (χ3n) is 1.60. The lowest BCUT2D eigenvalue weighted by molar-refractivity contribution is 0.284. The van der Waals surface area contributed by atoms with E-state index in [1.54, 1.807) is 6.08 Å². The molecule has 0 fully saturated rings. The number of benzene rings is 1. The molecule has 3 heteroatoms. The van der Waals surface area contributed by atoms with E-state index >= 15 is 0 Å². The number of nitrogens with two attached hydrogens (primary N) is 1. The maximum atomic E-state index is 8.67. The molecule has 0 aliphatic carbocycles. The number of aliphatic hydroxyl groups excluding tert-OH is 1. The Hall–Kier alpha value is -0.830. The molecule has 3 N–H and O–H groups in total. The molecule has 0 amide bonds. The maximum absolute atomic E-state index is 8.67. The number of rotatable bonds is 3. The lowest BCUT2D eigenvalue weighted by Gasteiger charge is -1.99. The van der Waals surface area contributed by atoms with Crippen LogP contribution in [0.5, 0.6) is 0 Å². The van der Waals surface area contributed by atoms with Crippen molar-refractivity contribution in [3.05, 3.63) is 40.9 Å². The van der Waals surface area contributed by atoms with E-state index in [-0.39, 0.29) is 12.6 Å². The van der Waals surface area contributed by atoms with Gasteiger partial charge in [0.15, 0.2) is 0 Å². The number of hydrogen-bond donors (Lipinski definition) is 2. The zero-order valence-electron chi connectivity index (χ0n) is 7.15. The molecular weight excluding hydrogens is 186 g/mol. The molecule has 2 nitrogen and oxygen atoms in total. The van der Waals surface area contributed by atoms with E-state index in [4.69, 9.17) is 22.4 Å². The fourth-order valence-electron chi connectivity index (χ4n) is 0.906. The second-order valence-electron chi connectivity index (χ2n) is 2.76. The highest BCUT2D eigenvalue weighted by Gasteiger charge is 1.93. The summed E-state index contributed by atoms with van der Waals surface area (Å²) in [6.07, 6.45) is 3.58. The Morgan fingerprint density at radius 3 is 2.92 bits per heavy atom. The van der Waals surface area contributed by atoms with Crippen LogP contribution in [-0.4, -0.2) is 17.8 Å². The van der Waals surface area contributed by atoms with Gasteiger partial charge >= 0.3 is 0 Å². The normalized spacial score (nSPS) is 13.5. The van der Waals surface area contributed by atoms with Gasteiger partial charge in [-0.3, -0.25) is 0 Å². The predicted octanol–water partition coefficient (Wildman–Crippen LogP) is 1.67. The summed E-state index contributed by atoms with van der Waals surface area (Å²) in [5.74, 6) is 0. The van der Waals surface area contributed by atoms with Crippen molar-refractivity contribution in [2.75, 3.05) is 6.61 Å². The largest absolute Gasteiger partial charge is 0.394 e. The second kappa shape index (κ2) is 5.02. The molecule has 0 saturated heterocycles. The van der Waals surface area contributed by atoms with Crippen LogP contribution in [0.3, 0.4) is 0 Å². The molecule has 0 aliphatic rings. The predicted molar refractivity (Wildman–Crippen MR) is 55.5 cm³/mol. The van der Waals surface area contributed by atoms with Crippen LogP contribution in [0, 0.1) is 0 Å². The SMILES string of the molecule is NC(C=Cc1cccc(Cl)c1)CO. The number of halogens is 1. The molecule has 0 heterocycles. The van der Waals surface area contributed by atoms with Gasteiger partial charge in [0.25, 0.3) is 0 Å². The fraction of sp³-hybridized carbons (Fsp3) is 0.200. The Morgan fingerprint density at radius 1 is 1.54 bits per heavy atom. The van der Waals surface area contributed by atoms with E-state index in [1.165, 1.54) is 0 Å². The molecule has 0 radical (unpaired) electrons. The zero-order chi connectivity index (χ0) is 9.68. The monoisotopic (exact) mass is 197 g/mol. The summed E-state index contributed by atoms with van der Waals surface area (Å²) in [4.78, 5) is 0. The summed E-state index contributed by atoms with van der Waals surface area (Å²) >= 11 is 5.78. The second-order valence-corrected chi connectivity index (χ2v) is 3.20. The van der Waals surface area contributed by atoms with Gasteiger partial charge in [0.05, 0.1) is 6.61 Å². The molecule has 0 spiro atoms. The van der Waals surface area contributed by atoms with Gasteiger partial charge in [-0.1, -0.05) is 35.9 Å². The Morgan fingerprint density at radius 2 is 2.31 bits per heavy atom. The average Bonchev–Trinajstić information content (AvgIpc) is 2.14. The smallest absolute Gasteiger partial charge is 0.0618 e. The van der Waals surface area contributed by atoms with Gasteiger partial charge in [-0.15, -0.1) is 0 Å². The molecule has 1 aromatic carbocycles. The van der Waals surface area contributed by atoms with E-state index in [2.05, 4.69) is 0 Å². The third-order valence-corrected chi connectivity index (χ3v) is 1.83. The van der Waals surface area contributed by atoms with Gasteiger partial charge < -0.3 is 10.8 Å². The third kappa shape index (κ3) is 3.59. The Bertz CT molecular complexity index is 299. The van der Waals surface area contributed by atoms with Crippen molar-refractivity contribution in [2.45, 2.75) is 6.04 Å². The minimum Gasteiger partial charge on any atom is -0.394 e. The first-order valence-electron chi connectivity index (χ1n) is 4.02. The highest BCUT2D eigenvalue weighted by atomic mass is 35.5. The van der Waals surface area contributed by atoms with Crippen LogP contribution >= 0.6 is 11.6 Å². The van der Waals surface area contributed by atoms with Crippen LogP contribution in [0.4, 0.5) is 0 Å². The molecular formula is C10H12ClNO. The zero-order valence-corrected chi connectivity index (χ0v) is 7.91. The van der Waals surface area contributed by atoms with E-state index < -0.39 is 0 Å². The van der Waals surface area contributed by atoms with Gasteiger partial charge in [0.2, 0.25) is 0 Å². The molecule has 0 bridgehead atoms. The molecule has 0 aliphatic heterocycles. The van der Waals surface area contributed by atoms with Crippen LogP contribution < -0.4 is 5.73 Å². The van der Waals surface area contributed by atoms with Crippen LogP contribution in [0.2, 0.25) is 5.02 Å². The van der Waals surface area contributed by atoms with Crippen molar-refractivity contribution < 1.29 is 5.11 Å². The summed E-state index contributed by atoms with van der Waals surface area (Å²) in [6.45, 7) is -0.0446. The van der Waals surface area contributed by atoms with Crippen LogP contribution in [-0.2, 0) is 0 Å². The van der Waals surface area contributed by atoms with Gasteiger partial charge in [0, 0.05) is 11.1 Å². The molecule has 1 atom stereocenters. The molecule has 1 rings (SSSR count). The minimum absolute atomic E-state index is 0.0446. The summed E-state index contributed by atoms with van der Waals surface area (Å²) in [7, 11) is 0. The Kier molecular flexibility index (Phi) is 3.96. The van der Waals surface area contributed by atoms with Crippen molar-refractivity contribution in [3.8, 4) is 0 Å². The molecule has 13 heavy (non-hydrogen) atoms. The number of aliphatic hydroxyl groups is 1. The van der Waals surface area contributed by atoms with Gasteiger partial charge in [-0.2, -0.15) is 0 Å². The van der Waals surface area contributed by atoms with Crippen molar-refractivity contribution >= 4 is 17.7 Å². The van der Waals surface area contributed by atoms with Crippen molar-refractivity contribution in [1.29, 1.82) is 0 Å². The maximum Gasteiger partial charge on any atom is 0.0618 e. The van der Waals surface area contributed by atoms with Crippen LogP contribution in [0.1, 0.15) is 5.56 Å². The molecule has 1 unspecified atom stereocenters. The van der Waals surface area contributed by atoms with E-state index in [9.17, 15) is 0 Å². The highest BCUT2D eigenvalue weighted by Crippen LogP contribution is 2.11. The topological polar surface area (TPSA) is 46.2 Å². The fourth-order valence-corrected chi connectivity index (χ4v) is 1.10. The summed E-state index contributed by atoms with van der Waals surface area (Å²) in [5.41, 5.74) is 6.47. The van der Waals surface area contributed by atoms with Gasteiger partial charge in [-0.05, 0) is 17.7 Å². The van der Waals surface area contributed by atoms with Crippen LogP contribution in [0.15, 0.2) is 30.3 Å². The highest BCUT2D eigenvalue weighted by molar-refractivity contribution is 6.30. The van der Waals surface area contributed by atoms with Gasteiger partial charge in [-0.25, -0.2) is 0 Å². The Labute approximate surface area is 82.6 Å². The van der Waals surface area contributed by atoms with Crippen molar-refractivity contribution in [1.82, 2.24) is 0 Å². The standard InChI is InChI=1S/C10H12ClNO/c11-9-3-1-2-8(6-9)4-5-10(12)7-13/h1-6,10,13H,7,12H2. The first-order valence-corrected chi connectivity index (χ1v) is 4.40. The minimum atomic E-state index is -0.306. The summed E-state index contributed by atoms with van der Waals surface area (Å²) < 4.78 is 0. The molecule has 0 aromatic heterocycles. The Balaban J connectivity index is 2.68. The molecule has 70 valence electrons. The van der Waals surface area contributed by atoms with Crippen molar-refractivity contribution in [3.63, 3.8) is 0 Å². The summed E-state index contributed by atoms with van der Waals surface area (Å²) in [6, 6.07) is 7.13. The van der Waals surface area contributed by atoms with E-state index in [0.29, 0.717) is 5.02 Å². The number of hydrogen-bond acceptors (Lipinski definition) is 2.